The lowest BCUT2D eigenvalue weighted by molar-refractivity contribution is -0.117. The highest BCUT2D eigenvalue weighted by molar-refractivity contribution is 5.90. The van der Waals surface area contributed by atoms with Crippen molar-refractivity contribution in [2.75, 3.05) is 24.1 Å². The Hall–Kier alpha value is -3.36. The van der Waals surface area contributed by atoms with Crippen molar-refractivity contribution in [1.82, 2.24) is 9.88 Å². The van der Waals surface area contributed by atoms with E-state index in [1.54, 1.807) is 6.07 Å². The molecular formula is C19H21FN4O4. The SMILES string of the molecule is Nc1ccc(Oc2ccnc(NC(=O)CC3CCN(C(=O)O)CC3)c2)c(F)c1. The van der Waals surface area contributed by atoms with Crippen molar-refractivity contribution in [3.63, 3.8) is 0 Å². The summed E-state index contributed by atoms with van der Waals surface area (Å²) in [6.07, 6.45) is 2.10. The molecule has 1 aliphatic rings. The van der Waals surface area contributed by atoms with Crippen LogP contribution in [0.25, 0.3) is 0 Å². The maximum absolute atomic E-state index is 13.9. The van der Waals surface area contributed by atoms with Gasteiger partial charge in [-0.05, 0) is 37.0 Å². The highest BCUT2D eigenvalue weighted by atomic mass is 19.1. The average Bonchev–Trinajstić information content (AvgIpc) is 2.65. The minimum atomic E-state index is -0.929. The molecular weight excluding hydrogens is 367 g/mol. The van der Waals surface area contributed by atoms with E-state index < -0.39 is 11.9 Å². The quantitative estimate of drug-likeness (QED) is 0.677. The molecule has 1 aromatic heterocycles. The topological polar surface area (TPSA) is 118 Å². The van der Waals surface area contributed by atoms with Gasteiger partial charge < -0.3 is 25.8 Å². The number of rotatable bonds is 5. The zero-order chi connectivity index (χ0) is 20.1. The smallest absolute Gasteiger partial charge is 0.407 e. The molecule has 0 spiro atoms. The van der Waals surface area contributed by atoms with E-state index in [4.69, 9.17) is 15.6 Å². The predicted molar refractivity (Wildman–Crippen MR) is 101 cm³/mol. The number of carbonyl (C=O) groups is 2. The Morgan fingerprint density at radius 2 is 2.04 bits per heavy atom. The van der Waals surface area contributed by atoms with Crippen LogP contribution in [-0.2, 0) is 4.79 Å². The number of aromatic nitrogens is 1. The van der Waals surface area contributed by atoms with E-state index in [-0.39, 0.29) is 24.0 Å². The minimum Gasteiger partial charge on any atom is -0.465 e. The van der Waals surface area contributed by atoms with Crippen LogP contribution in [0.2, 0.25) is 0 Å². The standard InChI is InChI=1S/C19H21FN4O4/c20-15-10-13(21)1-2-16(15)28-14-3-6-22-17(11-14)23-18(25)9-12-4-7-24(8-5-12)19(26)27/h1-3,6,10-12H,4-5,7-9,21H2,(H,26,27)(H,22,23,25). The summed E-state index contributed by atoms with van der Waals surface area (Å²) in [6.45, 7) is 0.865. The number of pyridine rings is 1. The summed E-state index contributed by atoms with van der Waals surface area (Å²) in [6, 6.07) is 7.16. The number of amides is 2. The second-order valence-electron chi connectivity index (χ2n) is 6.63. The van der Waals surface area contributed by atoms with Gasteiger partial charge in [0.15, 0.2) is 11.6 Å². The third-order valence-electron chi connectivity index (χ3n) is 4.54. The van der Waals surface area contributed by atoms with Gasteiger partial charge in [0.05, 0.1) is 0 Å². The Kier molecular flexibility index (Phi) is 5.93. The lowest BCUT2D eigenvalue weighted by Gasteiger charge is -2.29. The number of carboxylic acid groups (broad SMARTS) is 1. The van der Waals surface area contributed by atoms with Crippen molar-refractivity contribution in [1.29, 1.82) is 0 Å². The molecule has 0 saturated carbocycles. The Bertz CT molecular complexity index is 869. The van der Waals surface area contributed by atoms with E-state index in [0.717, 1.165) is 6.07 Å². The van der Waals surface area contributed by atoms with Crippen molar-refractivity contribution in [3.05, 3.63) is 42.3 Å². The van der Waals surface area contributed by atoms with Gasteiger partial charge in [-0.3, -0.25) is 4.79 Å². The maximum Gasteiger partial charge on any atom is 0.407 e. The van der Waals surface area contributed by atoms with Crippen molar-refractivity contribution in [3.8, 4) is 11.5 Å². The maximum atomic E-state index is 13.9. The minimum absolute atomic E-state index is 0.0165. The summed E-state index contributed by atoms with van der Waals surface area (Å²) >= 11 is 0. The van der Waals surface area contributed by atoms with Crippen LogP contribution >= 0.6 is 0 Å². The number of likely N-dealkylation sites (tertiary alicyclic amines) is 1. The number of carbonyl (C=O) groups excluding carboxylic acids is 1. The number of nitrogens with two attached hydrogens (primary N) is 1. The molecule has 8 nitrogen and oxygen atoms in total. The molecule has 28 heavy (non-hydrogen) atoms. The average molecular weight is 388 g/mol. The lowest BCUT2D eigenvalue weighted by atomic mass is 9.93. The number of nitrogen functional groups attached to an aromatic ring is 1. The fourth-order valence-electron chi connectivity index (χ4n) is 3.05. The van der Waals surface area contributed by atoms with Crippen LogP contribution in [0.4, 0.5) is 20.7 Å². The zero-order valence-corrected chi connectivity index (χ0v) is 15.1. The van der Waals surface area contributed by atoms with Gasteiger partial charge in [-0.1, -0.05) is 0 Å². The summed E-state index contributed by atoms with van der Waals surface area (Å²) in [7, 11) is 0. The molecule has 2 aromatic rings. The lowest BCUT2D eigenvalue weighted by Crippen LogP contribution is -2.38. The van der Waals surface area contributed by atoms with Gasteiger partial charge in [0, 0.05) is 43.5 Å². The van der Waals surface area contributed by atoms with Gasteiger partial charge in [0.2, 0.25) is 5.91 Å². The summed E-state index contributed by atoms with van der Waals surface area (Å²) in [4.78, 5) is 28.6. The van der Waals surface area contributed by atoms with E-state index in [1.807, 2.05) is 0 Å². The van der Waals surface area contributed by atoms with Crippen LogP contribution in [0, 0.1) is 11.7 Å². The molecule has 0 aliphatic carbocycles. The fourth-order valence-corrected chi connectivity index (χ4v) is 3.05. The highest BCUT2D eigenvalue weighted by Crippen LogP contribution is 2.27. The normalized spacial score (nSPS) is 14.5. The van der Waals surface area contributed by atoms with Gasteiger partial charge in [-0.15, -0.1) is 0 Å². The molecule has 4 N–H and O–H groups in total. The molecule has 0 atom stereocenters. The van der Waals surface area contributed by atoms with Crippen LogP contribution in [-0.4, -0.2) is 40.1 Å². The summed E-state index contributed by atoms with van der Waals surface area (Å²) in [5, 5.41) is 11.7. The van der Waals surface area contributed by atoms with E-state index in [0.29, 0.717) is 43.2 Å². The van der Waals surface area contributed by atoms with Crippen LogP contribution in [0.15, 0.2) is 36.5 Å². The van der Waals surface area contributed by atoms with E-state index >= 15 is 0 Å². The molecule has 1 aliphatic heterocycles. The number of halogens is 1. The van der Waals surface area contributed by atoms with Gasteiger partial charge in [-0.25, -0.2) is 14.2 Å². The Labute approximate surface area is 161 Å². The molecule has 1 saturated heterocycles. The van der Waals surface area contributed by atoms with Crippen molar-refractivity contribution in [2.24, 2.45) is 5.92 Å². The number of benzene rings is 1. The van der Waals surface area contributed by atoms with E-state index in [1.165, 1.54) is 29.3 Å². The van der Waals surface area contributed by atoms with Crippen LogP contribution in [0.5, 0.6) is 11.5 Å². The first-order valence-corrected chi connectivity index (χ1v) is 8.87. The van der Waals surface area contributed by atoms with Gasteiger partial charge in [0.1, 0.15) is 11.6 Å². The van der Waals surface area contributed by atoms with Crippen molar-refractivity contribution in [2.45, 2.75) is 19.3 Å². The second kappa shape index (κ2) is 8.55. The monoisotopic (exact) mass is 388 g/mol. The largest absolute Gasteiger partial charge is 0.465 e. The molecule has 1 aromatic carbocycles. The first-order chi connectivity index (χ1) is 13.4. The van der Waals surface area contributed by atoms with Gasteiger partial charge in [0.25, 0.3) is 0 Å². The third kappa shape index (κ3) is 5.09. The predicted octanol–water partition coefficient (Wildman–Crippen LogP) is 3.31. The molecule has 2 heterocycles. The zero-order valence-electron chi connectivity index (χ0n) is 15.1. The highest BCUT2D eigenvalue weighted by Gasteiger charge is 2.24. The number of ether oxygens (including phenoxy) is 1. The summed E-state index contributed by atoms with van der Waals surface area (Å²) in [5.41, 5.74) is 5.81. The first-order valence-electron chi connectivity index (χ1n) is 8.87. The number of anilines is 2. The number of hydrogen-bond acceptors (Lipinski definition) is 5. The Morgan fingerprint density at radius 3 is 2.71 bits per heavy atom. The van der Waals surface area contributed by atoms with Gasteiger partial charge >= 0.3 is 6.09 Å². The molecule has 148 valence electrons. The molecule has 3 rings (SSSR count). The molecule has 9 heteroatoms. The van der Waals surface area contributed by atoms with Crippen molar-refractivity contribution < 1.29 is 23.8 Å². The Morgan fingerprint density at radius 1 is 1.29 bits per heavy atom. The fraction of sp³-hybridized carbons (Fsp3) is 0.316. The van der Waals surface area contributed by atoms with Crippen molar-refractivity contribution >= 4 is 23.5 Å². The van der Waals surface area contributed by atoms with E-state index in [9.17, 15) is 14.0 Å². The number of nitrogens with zero attached hydrogens (tertiary/aromatic N) is 2. The number of piperidine rings is 1. The number of nitrogens with one attached hydrogen (secondary N) is 1. The van der Waals surface area contributed by atoms with Crippen LogP contribution in [0.3, 0.4) is 0 Å². The van der Waals surface area contributed by atoms with Crippen LogP contribution in [0.1, 0.15) is 19.3 Å². The van der Waals surface area contributed by atoms with Gasteiger partial charge in [-0.2, -0.15) is 0 Å². The molecule has 2 amide bonds. The molecule has 0 bridgehead atoms. The molecule has 0 radical (unpaired) electrons. The third-order valence-corrected chi connectivity index (χ3v) is 4.54. The molecule has 1 fully saturated rings. The summed E-state index contributed by atoms with van der Waals surface area (Å²) in [5.74, 6) is -0.0426. The molecule has 0 unspecified atom stereocenters. The number of hydrogen-bond donors (Lipinski definition) is 3. The Balaban J connectivity index is 1.55. The van der Waals surface area contributed by atoms with E-state index in [2.05, 4.69) is 10.3 Å². The van der Waals surface area contributed by atoms with Crippen LogP contribution < -0.4 is 15.8 Å². The first kappa shape index (κ1) is 19.4. The summed E-state index contributed by atoms with van der Waals surface area (Å²) < 4.78 is 19.3. The second-order valence-corrected chi connectivity index (χ2v) is 6.63.